The van der Waals surface area contributed by atoms with Crippen molar-refractivity contribution in [1.82, 2.24) is 0 Å². The number of rotatable bonds is 0. The van der Waals surface area contributed by atoms with E-state index in [0.717, 1.165) is 0 Å². The molecule has 0 atom stereocenters. The summed E-state index contributed by atoms with van der Waals surface area (Å²) in [7, 11) is 0. The molecule has 0 aromatic rings. The summed E-state index contributed by atoms with van der Waals surface area (Å²) in [5.74, 6) is 0. The van der Waals surface area contributed by atoms with E-state index in [4.69, 9.17) is 0 Å². The van der Waals surface area contributed by atoms with Gasteiger partial charge in [0, 0.05) is 17.1 Å². The van der Waals surface area contributed by atoms with Gasteiger partial charge in [-0.3, -0.25) is 0 Å². The molecule has 0 aliphatic heterocycles. The summed E-state index contributed by atoms with van der Waals surface area (Å²) in [6.45, 7) is 0. The van der Waals surface area contributed by atoms with Gasteiger partial charge in [0.15, 0.2) is 0 Å². The molecule has 4 heteroatoms. The Labute approximate surface area is 92.2 Å². The molecule has 4 heavy (non-hydrogen) atoms. The predicted octanol–water partition coefficient (Wildman–Crippen LogP) is -3.02. The van der Waals surface area contributed by atoms with Gasteiger partial charge in [-0.2, -0.15) is 0 Å². The molecule has 0 aliphatic carbocycles. The van der Waals surface area contributed by atoms with Gasteiger partial charge in [-0.05, 0) is 0 Å². The first-order valence-electron chi connectivity index (χ1n) is 0. The zero-order chi connectivity index (χ0) is 0. The minimum atomic E-state index is 0. The summed E-state index contributed by atoms with van der Waals surface area (Å²) < 4.78 is 0. The Morgan fingerprint density at radius 1 is 1.00 bits per heavy atom. The summed E-state index contributed by atoms with van der Waals surface area (Å²) in [4.78, 5) is 0. The molecule has 0 bridgehead atoms. The van der Waals surface area contributed by atoms with Gasteiger partial charge in [0.05, 0.1) is 0 Å². The van der Waals surface area contributed by atoms with Crippen molar-refractivity contribution >= 4 is 77.0 Å². The molecule has 0 saturated heterocycles. The average Bonchev–Trinajstić information content (AvgIpc) is 0. The molecule has 0 heterocycles. The van der Waals surface area contributed by atoms with Crippen LogP contribution in [0.1, 0.15) is 0 Å². The Morgan fingerprint density at radius 3 is 1.00 bits per heavy atom. The molecule has 5 radical (unpaired) electrons. The monoisotopic (exact) mass is 513 g/mol. The third-order valence-corrected chi connectivity index (χ3v) is 0. The van der Waals surface area contributed by atoms with Crippen LogP contribution >= 0.6 is 0 Å². The fourth-order valence-corrected chi connectivity index (χ4v) is 0. The summed E-state index contributed by atoms with van der Waals surface area (Å²) in [6, 6.07) is 0. The van der Waals surface area contributed by atoms with Gasteiger partial charge >= 0.3 is 77.0 Å². The fourth-order valence-electron chi connectivity index (χ4n) is 0. The van der Waals surface area contributed by atoms with E-state index in [2.05, 4.69) is 0 Å². The van der Waals surface area contributed by atoms with Crippen LogP contribution < -0.4 is 0 Å². The molecule has 0 amide bonds. The first-order chi connectivity index (χ1) is 0. The number of hydrogen-bond donors (Lipinski definition) is 0. The molecule has 0 spiro atoms. The molecule has 0 aromatic heterocycles. The molecular weight excluding hydrogens is 504 g/mol. The molecule has 0 aliphatic rings. The second-order valence-electron chi connectivity index (χ2n) is 0. The summed E-state index contributed by atoms with van der Waals surface area (Å²) in [5, 5.41) is 0. The zero-order valence-corrected chi connectivity index (χ0v) is 12.2. The van der Waals surface area contributed by atoms with Crippen molar-refractivity contribution in [2.75, 3.05) is 0 Å². The van der Waals surface area contributed by atoms with Crippen LogP contribution in [0.15, 0.2) is 0 Å². The van der Waals surface area contributed by atoms with E-state index in [-0.39, 0.29) is 94.1 Å². The van der Waals surface area contributed by atoms with Crippen LogP contribution in [0.5, 0.6) is 0 Å². The predicted molar refractivity (Wildman–Crippen MR) is 27.0 cm³/mol. The SMILES string of the molecule is [Cu].[InH3].[PbH2].[SnH2]. The fraction of sp³-hybridized carbons (Fsp3) is 0. The van der Waals surface area contributed by atoms with Crippen LogP contribution in [0.4, 0.5) is 0 Å². The van der Waals surface area contributed by atoms with Crippen molar-refractivity contribution in [3.8, 4) is 0 Å². The Bertz CT molecular complexity index is 8.00. The van der Waals surface area contributed by atoms with E-state index in [1.54, 1.807) is 0 Å². The van der Waals surface area contributed by atoms with Crippen LogP contribution in [-0.2, 0) is 17.1 Å². The third-order valence-electron chi connectivity index (χ3n) is 0. The van der Waals surface area contributed by atoms with Gasteiger partial charge in [0.25, 0.3) is 0 Å². The first kappa shape index (κ1) is 27.4. The van der Waals surface area contributed by atoms with Crippen molar-refractivity contribution in [2.24, 2.45) is 0 Å². The maximum absolute atomic E-state index is 0. The molecule has 0 saturated carbocycles. The van der Waals surface area contributed by atoms with Crippen molar-refractivity contribution < 1.29 is 17.1 Å². The van der Waals surface area contributed by atoms with Crippen LogP contribution in [-0.4, -0.2) is 77.0 Å². The normalized spacial score (nSPS) is 0. The summed E-state index contributed by atoms with van der Waals surface area (Å²) in [6.07, 6.45) is 0. The second-order valence-corrected chi connectivity index (χ2v) is 0. The molecule has 29 valence electrons. The molecule has 0 fully saturated rings. The standard InChI is InChI=1S/Cu.In.Pb.Sn.7H. The Morgan fingerprint density at radius 2 is 1.00 bits per heavy atom. The maximum atomic E-state index is 0. The van der Waals surface area contributed by atoms with E-state index >= 15 is 0 Å². The Balaban J connectivity index is 0. The topological polar surface area (TPSA) is 0 Å². The Kier molecular flexibility index (Phi) is 113. The third kappa shape index (κ3) is 8.92. The van der Waals surface area contributed by atoms with Gasteiger partial charge in [-0.15, -0.1) is 0 Å². The van der Waals surface area contributed by atoms with E-state index in [9.17, 15) is 0 Å². The van der Waals surface area contributed by atoms with Gasteiger partial charge in [-0.1, -0.05) is 0 Å². The van der Waals surface area contributed by atoms with Gasteiger partial charge in [-0.25, -0.2) is 0 Å². The quantitative estimate of drug-likeness (QED) is 0.304. The molecule has 0 aromatic carbocycles. The van der Waals surface area contributed by atoms with Gasteiger partial charge in [0.1, 0.15) is 0 Å². The van der Waals surface area contributed by atoms with Crippen molar-refractivity contribution in [3.05, 3.63) is 0 Å². The molecule has 0 rings (SSSR count). The molecule has 0 N–H and O–H groups in total. The van der Waals surface area contributed by atoms with Crippen molar-refractivity contribution in [2.45, 2.75) is 0 Å². The minimum absolute atomic E-state index is 0. The molecular formula is H7CuInPbSn. The Hall–Kier alpha value is 3.11. The molecule has 0 nitrogen and oxygen atoms in total. The van der Waals surface area contributed by atoms with Crippen LogP contribution in [0.2, 0.25) is 0 Å². The van der Waals surface area contributed by atoms with Crippen molar-refractivity contribution in [3.63, 3.8) is 0 Å². The van der Waals surface area contributed by atoms with E-state index in [1.807, 2.05) is 0 Å². The van der Waals surface area contributed by atoms with Crippen LogP contribution in [0.3, 0.4) is 0 Å². The zero-order valence-electron chi connectivity index (χ0n) is 1.72. The van der Waals surface area contributed by atoms with Gasteiger partial charge in [0.2, 0.25) is 0 Å². The van der Waals surface area contributed by atoms with E-state index in [0.29, 0.717) is 0 Å². The number of hydrogen-bond acceptors (Lipinski definition) is 0. The van der Waals surface area contributed by atoms with Gasteiger partial charge < -0.3 is 0 Å². The van der Waals surface area contributed by atoms with E-state index < -0.39 is 0 Å². The molecule has 0 unspecified atom stereocenters. The first-order valence-corrected chi connectivity index (χ1v) is 0. The second kappa shape index (κ2) is 16.5. The summed E-state index contributed by atoms with van der Waals surface area (Å²) >= 11 is 0. The van der Waals surface area contributed by atoms with Crippen molar-refractivity contribution in [1.29, 1.82) is 0 Å². The van der Waals surface area contributed by atoms with Crippen LogP contribution in [0.25, 0.3) is 0 Å². The summed E-state index contributed by atoms with van der Waals surface area (Å²) in [5.41, 5.74) is 0. The van der Waals surface area contributed by atoms with E-state index in [1.165, 1.54) is 0 Å². The van der Waals surface area contributed by atoms with Crippen LogP contribution in [0, 0.1) is 0 Å². The average molecular weight is 511 g/mol.